The third kappa shape index (κ3) is 4.68. The Hall–Kier alpha value is -0.540. The zero-order valence-corrected chi connectivity index (χ0v) is 11.9. The number of thioether (sulfide) groups is 1. The summed E-state index contributed by atoms with van der Waals surface area (Å²) in [5, 5.41) is 3.52. The summed E-state index contributed by atoms with van der Waals surface area (Å²) in [4.78, 5) is 0. The first kappa shape index (κ1) is 14.5. The van der Waals surface area contributed by atoms with Gasteiger partial charge in [0.1, 0.15) is 5.82 Å². The first-order valence-corrected chi connectivity index (χ1v) is 7.25. The van der Waals surface area contributed by atoms with Crippen LogP contribution in [0.5, 0.6) is 0 Å². The highest BCUT2D eigenvalue weighted by atomic mass is 32.2. The number of benzene rings is 1. The van der Waals surface area contributed by atoms with Gasteiger partial charge in [-0.3, -0.25) is 0 Å². The highest BCUT2D eigenvalue weighted by Gasteiger charge is 2.18. The molecule has 17 heavy (non-hydrogen) atoms. The average Bonchev–Trinajstić information content (AvgIpc) is 2.30. The molecule has 1 aromatic rings. The lowest BCUT2D eigenvalue weighted by Crippen LogP contribution is -2.34. The van der Waals surface area contributed by atoms with Gasteiger partial charge in [-0.2, -0.15) is 11.8 Å². The number of hydrogen-bond donors (Lipinski definition) is 1. The smallest absolute Gasteiger partial charge is 0.123 e. The van der Waals surface area contributed by atoms with Crippen LogP contribution >= 0.6 is 11.8 Å². The fourth-order valence-corrected chi connectivity index (χ4v) is 1.89. The van der Waals surface area contributed by atoms with Gasteiger partial charge < -0.3 is 5.32 Å². The molecule has 1 rings (SSSR count). The summed E-state index contributed by atoms with van der Waals surface area (Å²) in [6.07, 6.45) is 3.08. The lowest BCUT2D eigenvalue weighted by Gasteiger charge is -2.26. The summed E-state index contributed by atoms with van der Waals surface area (Å²) in [7, 11) is 0. The summed E-state index contributed by atoms with van der Waals surface area (Å²) in [5.41, 5.74) is 1.03. The summed E-state index contributed by atoms with van der Waals surface area (Å²) >= 11 is 1.84. The molecule has 96 valence electrons. The Morgan fingerprint density at radius 3 is 2.65 bits per heavy atom. The van der Waals surface area contributed by atoms with E-state index < -0.39 is 0 Å². The van der Waals surface area contributed by atoms with Crippen LogP contribution in [0.4, 0.5) is 4.39 Å². The van der Waals surface area contributed by atoms with Crippen molar-refractivity contribution in [3.8, 4) is 0 Å². The standard InChI is InChI=1S/C14H22FNS/c1-5-13(16-10-14(2,3)17-4)11-7-6-8-12(15)9-11/h6-9,13,16H,5,10H2,1-4H3. The van der Waals surface area contributed by atoms with Crippen molar-refractivity contribution in [2.24, 2.45) is 0 Å². The van der Waals surface area contributed by atoms with Crippen LogP contribution in [-0.4, -0.2) is 17.5 Å². The van der Waals surface area contributed by atoms with Crippen molar-refractivity contribution in [1.29, 1.82) is 0 Å². The topological polar surface area (TPSA) is 12.0 Å². The van der Waals surface area contributed by atoms with Gasteiger partial charge in [-0.15, -0.1) is 0 Å². The Morgan fingerprint density at radius 1 is 1.41 bits per heavy atom. The zero-order chi connectivity index (χ0) is 12.9. The van der Waals surface area contributed by atoms with Crippen molar-refractivity contribution in [2.75, 3.05) is 12.8 Å². The minimum absolute atomic E-state index is 0.160. The van der Waals surface area contributed by atoms with E-state index >= 15 is 0 Å². The Bertz CT molecular complexity index is 352. The molecule has 0 saturated heterocycles. The molecule has 1 N–H and O–H groups in total. The molecule has 0 aliphatic rings. The van der Waals surface area contributed by atoms with E-state index in [4.69, 9.17) is 0 Å². The Morgan fingerprint density at radius 2 is 2.12 bits per heavy atom. The van der Waals surface area contributed by atoms with Crippen molar-refractivity contribution in [3.05, 3.63) is 35.6 Å². The van der Waals surface area contributed by atoms with E-state index in [1.165, 1.54) is 6.07 Å². The molecule has 0 aliphatic carbocycles. The molecule has 0 saturated carbocycles. The van der Waals surface area contributed by atoms with Gasteiger partial charge in [0.2, 0.25) is 0 Å². The van der Waals surface area contributed by atoms with Crippen LogP contribution in [0.2, 0.25) is 0 Å². The summed E-state index contributed by atoms with van der Waals surface area (Å²) in [5.74, 6) is -0.160. The lowest BCUT2D eigenvalue weighted by atomic mass is 10.0. The van der Waals surface area contributed by atoms with E-state index in [2.05, 4.69) is 32.3 Å². The predicted molar refractivity (Wildman–Crippen MR) is 75.0 cm³/mol. The zero-order valence-electron chi connectivity index (χ0n) is 11.1. The van der Waals surface area contributed by atoms with Gasteiger partial charge >= 0.3 is 0 Å². The summed E-state index contributed by atoms with van der Waals surface area (Å²) in [6, 6.07) is 7.09. The molecule has 1 atom stereocenters. The van der Waals surface area contributed by atoms with E-state index in [1.807, 2.05) is 17.8 Å². The van der Waals surface area contributed by atoms with Crippen molar-refractivity contribution >= 4 is 11.8 Å². The van der Waals surface area contributed by atoms with E-state index in [9.17, 15) is 4.39 Å². The predicted octanol–water partition coefficient (Wildman–Crippen LogP) is 4.01. The molecule has 0 fully saturated rings. The second-order valence-electron chi connectivity index (χ2n) is 4.86. The van der Waals surface area contributed by atoms with Gasteiger partial charge in [0.05, 0.1) is 0 Å². The van der Waals surface area contributed by atoms with Crippen LogP contribution in [-0.2, 0) is 0 Å². The van der Waals surface area contributed by atoms with Gasteiger partial charge in [0.25, 0.3) is 0 Å². The number of halogens is 1. The van der Waals surface area contributed by atoms with Crippen LogP contribution in [0.25, 0.3) is 0 Å². The molecule has 0 bridgehead atoms. The first-order chi connectivity index (χ1) is 7.98. The molecule has 1 aromatic carbocycles. The van der Waals surface area contributed by atoms with Gasteiger partial charge in [0.15, 0.2) is 0 Å². The van der Waals surface area contributed by atoms with Gasteiger partial charge in [0, 0.05) is 17.3 Å². The van der Waals surface area contributed by atoms with E-state index in [0.717, 1.165) is 18.5 Å². The van der Waals surface area contributed by atoms with Crippen LogP contribution < -0.4 is 5.32 Å². The number of rotatable bonds is 6. The second-order valence-corrected chi connectivity index (χ2v) is 6.37. The molecule has 3 heteroatoms. The van der Waals surface area contributed by atoms with Crippen molar-refractivity contribution in [3.63, 3.8) is 0 Å². The molecule has 0 aliphatic heterocycles. The second kappa shape index (κ2) is 6.41. The minimum Gasteiger partial charge on any atom is -0.309 e. The molecule has 1 unspecified atom stereocenters. The SMILES string of the molecule is CCC(NCC(C)(C)SC)c1cccc(F)c1. The first-order valence-electron chi connectivity index (χ1n) is 6.02. The quantitative estimate of drug-likeness (QED) is 0.824. The van der Waals surface area contributed by atoms with Gasteiger partial charge in [-0.1, -0.05) is 19.1 Å². The van der Waals surface area contributed by atoms with Gasteiger partial charge in [-0.25, -0.2) is 4.39 Å². The fraction of sp³-hybridized carbons (Fsp3) is 0.571. The largest absolute Gasteiger partial charge is 0.309 e. The molecular weight excluding hydrogens is 233 g/mol. The lowest BCUT2D eigenvalue weighted by molar-refractivity contribution is 0.482. The van der Waals surface area contributed by atoms with Crippen molar-refractivity contribution in [2.45, 2.75) is 38.0 Å². The van der Waals surface area contributed by atoms with E-state index in [1.54, 1.807) is 12.1 Å². The maximum atomic E-state index is 13.2. The van der Waals surface area contributed by atoms with Crippen LogP contribution in [0.15, 0.2) is 24.3 Å². The maximum absolute atomic E-state index is 13.2. The van der Waals surface area contributed by atoms with E-state index in [0.29, 0.717) is 0 Å². The van der Waals surface area contributed by atoms with Crippen LogP contribution in [0.3, 0.4) is 0 Å². The fourth-order valence-electron chi connectivity index (χ4n) is 1.66. The monoisotopic (exact) mass is 255 g/mol. The molecule has 0 radical (unpaired) electrons. The van der Waals surface area contributed by atoms with Crippen LogP contribution in [0, 0.1) is 5.82 Å². The van der Waals surface area contributed by atoms with E-state index in [-0.39, 0.29) is 16.6 Å². The molecule has 1 nitrogen and oxygen atoms in total. The third-order valence-corrected chi connectivity index (χ3v) is 4.24. The Balaban J connectivity index is 2.66. The molecule has 0 aromatic heterocycles. The van der Waals surface area contributed by atoms with Crippen molar-refractivity contribution in [1.82, 2.24) is 5.32 Å². The summed E-state index contributed by atoms with van der Waals surface area (Å²) < 4.78 is 13.4. The molecule has 0 spiro atoms. The highest BCUT2D eigenvalue weighted by Crippen LogP contribution is 2.23. The minimum atomic E-state index is -0.160. The Labute approximate surface area is 108 Å². The van der Waals surface area contributed by atoms with Crippen LogP contribution in [0.1, 0.15) is 38.8 Å². The number of hydrogen-bond acceptors (Lipinski definition) is 2. The normalized spacial score (nSPS) is 13.7. The summed E-state index contributed by atoms with van der Waals surface area (Å²) in [6.45, 7) is 7.46. The average molecular weight is 255 g/mol. The van der Waals surface area contributed by atoms with Crippen molar-refractivity contribution < 1.29 is 4.39 Å². The number of nitrogens with one attached hydrogen (secondary N) is 1. The molecule has 0 amide bonds. The molecular formula is C14H22FNS. The molecule has 0 heterocycles. The maximum Gasteiger partial charge on any atom is 0.123 e. The third-order valence-electron chi connectivity index (χ3n) is 2.99. The Kier molecular flexibility index (Phi) is 5.47. The van der Waals surface area contributed by atoms with Gasteiger partial charge in [-0.05, 0) is 44.2 Å². The highest BCUT2D eigenvalue weighted by molar-refractivity contribution is 7.99.